The lowest BCUT2D eigenvalue weighted by Crippen LogP contribution is -2.22. The van der Waals surface area contributed by atoms with E-state index in [1.807, 2.05) is 6.07 Å². The van der Waals surface area contributed by atoms with Gasteiger partial charge in [0.25, 0.3) is 0 Å². The molecule has 1 aromatic carbocycles. The van der Waals surface area contributed by atoms with Crippen molar-refractivity contribution in [3.63, 3.8) is 0 Å². The molecule has 1 aliphatic carbocycles. The van der Waals surface area contributed by atoms with E-state index in [0.717, 1.165) is 30.8 Å². The number of hydrogen-bond donors (Lipinski definition) is 1. The van der Waals surface area contributed by atoms with Crippen molar-refractivity contribution in [3.8, 4) is 11.1 Å². The topological polar surface area (TPSA) is 42.2 Å². The molecule has 0 bridgehead atoms. The minimum absolute atomic E-state index is 0.402. The van der Waals surface area contributed by atoms with Gasteiger partial charge in [0.2, 0.25) is 0 Å². The van der Waals surface area contributed by atoms with Crippen molar-refractivity contribution in [1.82, 2.24) is 14.6 Å². The molecule has 2 heterocycles. The molecule has 2 aromatic heterocycles. The lowest BCUT2D eigenvalue weighted by molar-refractivity contribution is -0.137. The average molecular weight is 360 g/mol. The van der Waals surface area contributed by atoms with Gasteiger partial charge in [0.05, 0.1) is 11.8 Å². The highest BCUT2D eigenvalue weighted by atomic mass is 19.4. The van der Waals surface area contributed by atoms with Gasteiger partial charge in [-0.1, -0.05) is 31.4 Å². The van der Waals surface area contributed by atoms with Gasteiger partial charge in [-0.05, 0) is 36.6 Å². The third-order valence-electron chi connectivity index (χ3n) is 4.83. The van der Waals surface area contributed by atoms with Gasteiger partial charge >= 0.3 is 6.18 Å². The van der Waals surface area contributed by atoms with Crippen molar-refractivity contribution < 1.29 is 13.2 Å². The lowest BCUT2D eigenvalue weighted by atomic mass is 9.95. The largest absolute Gasteiger partial charge is 0.416 e. The summed E-state index contributed by atoms with van der Waals surface area (Å²) in [6.45, 7) is 0. The number of hydrogen-bond acceptors (Lipinski definition) is 3. The summed E-state index contributed by atoms with van der Waals surface area (Å²) in [6, 6.07) is 7.52. The Morgan fingerprint density at radius 2 is 1.88 bits per heavy atom. The first-order valence-electron chi connectivity index (χ1n) is 8.79. The number of nitrogens with zero attached hydrogens (tertiary/aromatic N) is 3. The Bertz CT molecular complexity index is 911. The van der Waals surface area contributed by atoms with Crippen molar-refractivity contribution in [2.75, 3.05) is 5.32 Å². The van der Waals surface area contributed by atoms with Crippen LogP contribution in [0, 0.1) is 0 Å². The van der Waals surface area contributed by atoms with Gasteiger partial charge in [-0.2, -0.15) is 18.3 Å². The normalized spacial score (nSPS) is 16.1. The standard InChI is InChI=1S/C19H19F3N4/c20-19(21,22)14-6-4-5-13(11-14)16-12-23-26-10-9-17(25-18(16)26)24-15-7-2-1-3-8-15/h4-6,9-12,15H,1-3,7-8H2,(H,24,25). The first-order valence-corrected chi connectivity index (χ1v) is 8.79. The van der Waals surface area contributed by atoms with Crippen LogP contribution >= 0.6 is 0 Å². The Labute approximate surface area is 149 Å². The fourth-order valence-electron chi connectivity index (χ4n) is 3.47. The molecule has 1 fully saturated rings. The number of fused-ring (bicyclic) bond motifs is 1. The minimum Gasteiger partial charge on any atom is -0.367 e. The molecule has 4 nitrogen and oxygen atoms in total. The van der Waals surface area contributed by atoms with Crippen LogP contribution in [0.2, 0.25) is 0 Å². The number of halogens is 3. The van der Waals surface area contributed by atoms with E-state index < -0.39 is 11.7 Å². The highest BCUT2D eigenvalue weighted by Crippen LogP contribution is 2.33. The van der Waals surface area contributed by atoms with Crippen LogP contribution in [0.15, 0.2) is 42.7 Å². The smallest absolute Gasteiger partial charge is 0.367 e. The molecule has 26 heavy (non-hydrogen) atoms. The Morgan fingerprint density at radius 3 is 2.65 bits per heavy atom. The monoisotopic (exact) mass is 360 g/mol. The van der Waals surface area contributed by atoms with Crippen LogP contribution in [0.5, 0.6) is 0 Å². The molecule has 4 rings (SSSR count). The van der Waals surface area contributed by atoms with Gasteiger partial charge in [-0.15, -0.1) is 0 Å². The van der Waals surface area contributed by atoms with E-state index >= 15 is 0 Å². The predicted molar refractivity (Wildman–Crippen MR) is 93.9 cm³/mol. The van der Waals surface area contributed by atoms with Crippen molar-refractivity contribution in [1.29, 1.82) is 0 Å². The van der Waals surface area contributed by atoms with Gasteiger partial charge in [-0.25, -0.2) is 9.50 Å². The summed E-state index contributed by atoms with van der Waals surface area (Å²) in [4.78, 5) is 4.61. The summed E-state index contributed by atoms with van der Waals surface area (Å²) in [5.41, 5.74) is 0.913. The first-order chi connectivity index (χ1) is 12.5. The van der Waals surface area contributed by atoms with E-state index in [1.54, 1.807) is 23.0 Å². The van der Waals surface area contributed by atoms with Crippen LogP contribution in [-0.2, 0) is 6.18 Å². The Hall–Kier alpha value is -2.57. The first kappa shape index (κ1) is 16.9. The molecule has 3 aromatic rings. The maximum absolute atomic E-state index is 13.0. The summed E-state index contributed by atoms with van der Waals surface area (Å²) in [5.74, 6) is 0.734. The summed E-state index contributed by atoms with van der Waals surface area (Å²) < 4.78 is 40.6. The van der Waals surface area contributed by atoms with Gasteiger partial charge in [0, 0.05) is 17.8 Å². The Morgan fingerprint density at radius 1 is 1.08 bits per heavy atom. The van der Waals surface area contributed by atoms with E-state index in [4.69, 9.17) is 0 Å². The molecule has 0 atom stereocenters. The minimum atomic E-state index is -4.37. The molecule has 7 heteroatoms. The average Bonchev–Trinajstić information content (AvgIpc) is 3.05. The molecular formula is C19H19F3N4. The number of alkyl halides is 3. The van der Waals surface area contributed by atoms with Crippen LogP contribution in [0.3, 0.4) is 0 Å². The van der Waals surface area contributed by atoms with E-state index in [2.05, 4.69) is 15.4 Å². The molecule has 136 valence electrons. The summed E-state index contributed by atoms with van der Waals surface area (Å²) >= 11 is 0. The fourth-order valence-corrected chi connectivity index (χ4v) is 3.47. The molecule has 0 unspecified atom stereocenters. The zero-order valence-electron chi connectivity index (χ0n) is 14.1. The SMILES string of the molecule is FC(F)(F)c1cccc(-c2cnn3ccc(NC4CCCCC4)nc23)c1. The number of nitrogens with one attached hydrogen (secondary N) is 1. The molecular weight excluding hydrogens is 341 g/mol. The second-order valence-corrected chi connectivity index (χ2v) is 6.70. The molecule has 1 aliphatic rings. The second-order valence-electron chi connectivity index (χ2n) is 6.70. The Kier molecular flexibility index (Phi) is 4.30. The molecule has 0 radical (unpaired) electrons. The predicted octanol–water partition coefficient (Wildman–Crippen LogP) is 5.16. The number of aromatic nitrogens is 3. The van der Waals surface area contributed by atoms with E-state index in [-0.39, 0.29) is 0 Å². The Balaban J connectivity index is 1.68. The van der Waals surface area contributed by atoms with Crippen LogP contribution in [-0.4, -0.2) is 20.6 Å². The summed E-state index contributed by atoms with van der Waals surface area (Å²) in [7, 11) is 0. The van der Waals surface area contributed by atoms with Crippen molar-refractivity contribution in [2.45, 2.75) is 44.3 Å². The fraction of sp³-hybridized carbons (Fsp3) is 0.368. The van der Waals surface area contributed by atoms with Crippen LogP contribution in [0.1, 0.15) is 37.7 Å². The maximum Gasteiger partial charge on any atom is 0.416 e. The highest BCUT2D eigenvalue weighted by Gasteiger charge is 2.30. The van der Waals surface area contributed by atoms with E-state index in [0.29, 0.717) is 22.8 Å². The molecule has 0 spiro atoms. The molecule has 1 saturated carbocycles. The third kappa shape index (κ3) is 3.38. The van der Waals surface area contributed by atoms with E-state index in [1.165, 1.54) is 25.3 Å². The summed E-state index contributed by atoms with van der Waals surface area (Å²) in [6.07, 6.45) is 4.89. The van der Waals surface area contributed by atoms with Gasteiger partial charge < -0.3 is 5.32 Å². The van der Waals surface area contributed by atoms with Crippen LogP contribution in [0.25, 0.3) is 16.8 Å². The van der Waals surface area contributed by atoms with Gasteiger partial charge in [0.1, 0.15) is 5.82 Å². The molecule has 0 saturated heterocycles. The molecule has 0 aliphatic heterocycles. The van der Waals surface area contributed by atoms with Gasteiger partial charge in [-0.3, -0.25) is 0 Å². The quantitative estimate of drug-likeness (QED) is 0.701. The van der Waals surface area contributed by atoms with Crippen molar-refractivity contribution in [3.05, 3.63) is 48.3 Å². The number of rotatable bonds is 3. The molecule has 1 N–H and O–H groups in total. The zero-order chi connectivity index (χ0) is 18.1. The van der Waals surface area contributed by atoms with E-state index in [9.17, 15) is 13.2 Å². The highest BCUT2D eigenvalue weighted by molar-refractivity contribution is 5.78. The summed E-state index contributed by atoms with van der Waals surface area (Å²) in [5, 5.41) is 7.66. The van der Waals surface area contributed by atoms with Crippen LogP contribution < -0.4 is 5.32 Å². The third-order valence-corrected chi connectivity index (χ3v) is 4.83. The number of benzene rings is 1. The zero-order valence-corrected chi connectivity index (χ0v) is 14.1. The van der Waals surface area contributed by atoms with Gasteiger partial charge in [0.15, 0.2) is 5.65 Å². The van der Waals surface area contributed by atoms with Crippen molar-refractivity contribution in [2.24, 2.45) is 0 Å². The van der Waals surface area contributed by atoms with Crippen molar-refractivity contribution >= 4 is 11.5 Å². The maximum atomic E-state index is 13.0. The molecule has 0 amide bonds. The second kappa shape index (κ2) is 6.63. The van der Waals surface area contributed by atoms with Crippen LogP contribution in [0.4, 0.5) is 19.0 Å². The number of anilines is 1. The lowest BCUT2D eigenvalue weighted by Gasteiger charge is -2.23.